The average Bonchev–Trinajstić information content (AvgIpc) is 3.19. The molecule has 0 aliphatic carbocycles. The molecule has 0 unspecified atom stereocenters. The number of hydrogen-bond donors (Lipinski definition) is 2. The molecule has 1 heterocycles. The van der Waals surface area contributed by atoms with E-state index in [1.165, 1.54) is 0 Å². The zero-order valence-corrected chi connectivity index (χ0v) is 20.8. The molecule has 0 spiro atoms. The van der Waals surface area contributed by atoms with Gasteiger partial charge in [0.25, 0.3) is 0 Å². The van der Waals surface area contributed by atoms with Crippen molar-refractivity contribution >= 4 is 29.9 Å². The van der Waals surface area contributed by atoms with E-state index in [1.807, 2.05) is 25.1 Å². The fourth-order valence-electron chi connectivity index (χ4n) is 2.87. The summed E-state index contributed by atoms with van der Waals surface area (Å²) >= 11 is 0. The van der Waals surface area contributed by atoms with E-state index >= 15 is 0 Å². The Kier molecular flexibility index (Phi) is 11.3. The first-order valence-corrected chi connectivity index (χ1v) is 9.84. The standard InChI is InChI=1S/C22H32N4O3.HI/c1-7-9-17-10-16(11-20(27-5)21(17)28-6)13-24-22(23-8-2)25-14-18-12-19(15(3)4)26-29-18;/h7,10-12,15H,1,8-9,13-14H2,2-6H3,(H2,23,24,25);1H. The highest BCUT2D eigenvalue weighted by molar-refractivity contribution is 14.0. The van der Waals surface area contributed by atoms with Crippen LogP contribution in [0.4, 0.5) is 0 Å². The molecule has 1 aromatic carbocycles. The largest absolute Gasteiger partial charge is 0.493 e. The Morgan fingerprint density at radius 3 is 2.57 bits per heavy atom. The molecule has 0 fully saturated rings. The first kappa shape index (κ1) is 25.8. The van der Waals surface area contributed by atoms with Gasteiger partial charge in [-0.15, -0.1) is 30.6 Å². The topological polar surface area (TPSA) is 80.9 Å². The molecule has 2 aromatic rings. The average molecular weight is 528 g/mol. The van der Waals surface area contributed by atoms with Gasteiger partial charge in [0.15, 0.2) is 23.2 Å². The van der Waals surface area contributed by atoms with Crippen LogP contribution in [0.25, 0.3) is 0 Å². The summed E-state index contributed by atoms with van der Waals surface area (Å²) in [4.78, 5) is 4.68. The number of aromatic nitrogens is 1. The summed E-state index contributed by atoms with van der Waals surface area (Å²) in [5.41, 5.74) is 3.00. The van der Waals surface area contributed by atoms with E-state index in [0.29, 0.717) is 37.1 Å². The third-order valence-corrected chi connectivity index (χ3v) is 4.34. The number of hydrogen-bond acceptors (Lipinski definition) is 5. The van der Waals surface area contributed by atoms with Crippen molar-refractivity contribution in [2.24, 2.45) is 4.99 Å². The van der Waals surface area contributed by atoms with Crippen molar-refractivity contribution in [3.63, 3.8) is 0 Å². The molecule has 166 valence electrons. The number of benzene rings is 1. The summed E-state index contributed by atoms with van der Waals surface area (Å²) in [5, 5.41) is 10.6. The second-order valence-corrected chi connectivity index (χ2v) is 6.90. The quantitative estimate of drug-likeness (QED) is 0.206. The summed E-state index contributed by atoms with van der Waals surface area (Å²) in [5.74, 6) is 3.24. The molecule has 2 rings (SSSR count). The zero-order valence-electron chi connectivity index (χ0n) is 18.4. The lowest BCUT2D eigenvalue weighted by Gasteiger charge is -2.14. The van der Waals surface area contributed by atoms with Crippen molar-refractivity contribution in [1.82, 2.24) is 15.8 Å². The smallest absolute Gasteiger partial charge is 0.191 e. The summed E-state index contributed by atoms with van der Waals surface area (Å²) in [6.45, 7) is 11.8. The van der Waals surface area contributed by atoms with Gasteiger partial charge in [-0.05, 0) is 37.0 Å². The number of rotatable bonds is 10. The minimum absolute atomic E-state index is 0. The van der Waals surface area contributed by atoms with E-state index in [9.17, 15) is 0 Å². The highest BCUT2D eigenvalue weighted by atomic mass is 127. The Bertz CT molecular complexity index is 834. The van der Waals surface area contributed by atoms with Crippen LogP contribution in [0.2, 0.25) is 0 Å². The lowest BCUT2D eigenvalue weighted by Crippen LogP contribution is -2.36. The molecular weight excluding hydrogens is 495 g/mol. The number of aliphatic imine (C=N–C) groups is 1. The van der Waals surface area contributed by atoms with Gasteiger partial charge < -0.3 is 24.6 Å². The third-order valence-electron chi connectivity index (χ3n) is 4.34. The summed E-state index contributed by atoms with van der Waals surface area (Å²) in [6, 6.07) is 5.99. The van der Waals surface area contributed by atoms with Crippen LogP contribution in [0.1, 0.15) is 49.3 Å². The summed E-state index contributed by atoms with van der Waals surface area (Å²) < 4.78 is 16.4. The third kappa shape index (κ3) is 7.23. The Labute approximate surface area is 196 Å². The van der Waals surface area contributed by atoms with Crippen LogP contribution in [0.5, 0.6) is 11.5 Å². The van der Waals surface area contributed by atoms with Gasteiger partial charge in [0.05, 0.1) is 33.0 Å². The SMILES string of the molecule is C=CCc1cc(CN=C(NCC)NCc2cc(C(C)C)no2)cc(OC)c1OC.I. The first-order chi connectivity index (χ1) is 14.0. The second-order valence-electron chi connectivity index (χ2n) is 6.90. The maximum atomic E-state index is 5.50. The minimum Gasteiger partial charge on any atom is -0.493 e. The lowest BCUT2D eigenvalue weighted by atomic mass is 10.1. The Balaban J connectivity index is 0.00000450. The van der Waals surface area contributed by atoms with Gasteiger partial charge in [-0.1, -0.05) is 25.1 Å². The van der Waals surface area contributed by atoms with Gasteiger partial charge >= 0.3 is 0 Å². The molecule has 0 aliphatic heterocycles. The molecule has 0 saturated carbocycles. The van der Waals surface area contributed by atoms with E-state index in [-0.39, 0.29) is 24.0 Å². The lowest BCUT2D eigenvalue weighted by molar-refractivity contribution is 0.352. The number of allylic oxidation sites excluding steroid dienone is 1. The Morgan fingerprint density at radius 2 is 2.00 bits per heavy atom. The Hall–Kier alpha value is -2.23. The number of ether oxygens (including phenoxy) is 2. The maximum absolute atomic E-state index is 5.50. The highest BCUT2D eigenvalue weighted by Crippen LogP contribution is 2.33. The molecule has 0 radical (unpaired) electrons. The normalized spacial score (nSPS) is 11.1. The maximum Gasteiger partial charge on any atom is 0.191 e. The van der Waals surface area contributed by atoms with E-state index in [2.05, 4.69) is 47.3 Å². The minimum atomic E-state index is 0. The van der Waals surface area contributed by atoms with Crippen molar-refractivity contribution in [2.75, 3.05) is 20.8 Å². The van der Waals surface area contributed by atoms with Gasteiger partial charge in [-0.2, -0.15) is 0 Å². The van der Waals surface area contributed by atoms with Gasteiger partial charge in [-0.25, -0.2) is 4.99 Å². The molecule has 30 heavy (non-hydrogen) atoms. The number of methoxy groups -OCH3 is 2. The molecule has 7 nitrogen and oxygen atoms in total. The Morgan fingerprint density at radius 1 is 1.23 bits per heavy atom. The van der Waals surface area contributed by atoms with E-state index < -0.39 is 0 Å². The van der Waals surface area contributed by atoms with Crippen LogP contribution in [0.15, 0.2) is 40.4 Å². The highest BCUT2D eigenvalue weighted by Gasteiger charge is 2.12. The number of halogens is 1. The first-order valence-electron chi connectivity index (χ1n) is 9.84. The fourth-order valence-corrected chi connectivity index (χ4v) is 2.87. The molecule has 0 aliphatic rings. The zero-order chi connectivity index (χ0) is 21.2. The van der Waals surface area contributed by atoms with Gasteiger partial charge in [0, 0.05) is 18.2 Å². The molecule has 0 saturated heterocycles. The van der Waals surface area contributed by atoms with Gasteiger partial charge in [0.1, 0.15) is 0 Å². The molecule has 0 atom stereocenters. The van der Waals surface area contributed by atoms with Crippen LogP contribution in [-0.4, -0.2) is 31.9 Å². The van der Waals surface area contributed by atoms with Crippen molar-refractivity contribution < 1.29 is 14.0 Å². The van der Waals surface area contributed by atoms with Crippen molar-refractivity contribution in [2.45, 2.75) is 46.2 Å². The fraction of sp³-hybridized carbons (Fsp3) is 0.455. The molecule has 0 amide bonds. The number of nitrogens with zero attached hydrogens (tertiary/aromatic N) is 2. The number of nitrogens with one attached hydrogen (secondary N) is 2. The van der Waals surface area contributed by atoms with E-state index in [4.69, 9.17) is 14.0 Å². The summed E-state index contributed by atoms with van der Waals surface area (Å²) in [7, 11) is 3.28. The molecule has 8 heteroatoms. The van der Waals surface area contributed by atoms with Crippen molar-refractivity contribution in [1.29, 1.82) is 0 Å². The van der Waals surface area contributed by atoms with E-state index in [0.717, 1.165) is 34.9 Å². The molecular formula is C22H33IN4O3. The summed E-state index contributed by atoms with van der Waals surface area (Å²) in [6.07, 6.45) is 2.54. The van der Waals surface area contributed by atoms with Gasteiger partial charge in [0.2, 0.25) is 0 Å². The predicted molar refractivity (Wildman–Crippen MR) is 131 cm³/mol. The molecule has 1 aromatic heterocycles. The van der Waals surface area contributed by atoms with Crippen LogP contribution in [0.3, 0.4) is 0 Å². The van der Waals surface area contributed by atoms with E-state index in [1.54, 1.807) is 14.2 Å². The van der Waals surface area contributed by atoms with Crippen LogP contribution < -0.4 is 20.1 Å². The van der Waals surface area contributed by atoms with Crippen LogP contribution >= 0.6 is 24.0 Å². The molecule has 2 N–H and O–H groups in total. The van der Waals surface area contributed by atoms with Crippen LogP contribution in [0, 0.1) is 0 Å². The van der Waals surface area contributed by atoms with Crippen molar-refractivity contribution in [3.8, 4) is 11.5 Å². The predicted octanol–water partition coefficient (Wildman–Crippen LogP) is 4.42. The monoisotopic (exact) mass is 528 g/mol. The molecule has 0 bridgehead atoms. The van der Waals surface area contributed by atoms with Gasteiger partial charge in [-0.3, -0.25) is 0 Å². The van der Waals surface area contributed by atoms with Crippen LogP contribution in [-0.2, 0) is 19.5 Å². The van der Waals surface area contributed by atoms with Crippen molar-refractivity contribution in [3.05, 3.63) is 53.4 Å². The second kappa shape index (κ2) is 13.1. The number of guanidine groups is 1.